The van der Waals surface area contributed by atoms with Gasteiger partial charge in [-0.05, 0) is 24.5 Å². The summed E-state index contributed by atoms with van der Waals surface area (Å²) in [6.07, 6.45) is 0.303. The molecule has 0 aromatic heterocycles. The average Bonchev–Trinajstić information content (AvgIpc) is 2.15. The van der Waals surface area contributed by atoms with Crippen molar-refractivity contribution in [3.63, 3.8) is 0 Å². The highest BCUT2D eigenvalue weighted by molar-refractivity contribution is 5.73. The molecule has 0 fully saturated rings. The Labute approximate surface area is 85.5 Å². The number of aryl methyl sites for hydroxylation is 1. The van der Waals surface area contributed by atoms with Crippen LogP contribution in [0.1, 0.15) is 12.0 Å². The Morgan fingerprint density at radius 3 is 2.67 bits per heavy atom. The average molecular weight is 215 g/mol. The van der Waals surface area contributed by atoms with Crippen molar-refractivity contribution in [3.05, 3.63) is 35.4 Å². The number of aliphatic carboxylic acids is 1. The summed E-state index contributed by atoms with van der Waals surface area (Å²) in [5.41, 5.74) is 5.52. The van der Waals surface area contributed by atoms with Crippen molar-refractivity contribution >= 4 is 5.97 Å². The fourth-order valence-electron chi connectivity index (χ4n) is 1.16. The van der Waals surface area contributed by atoms with Crippen molar-refractivity contribution in [3.8, 4) is 0 Å². The Morgan fingerprint density at radius 2 is 2.13 bits per heavy atom. The zero-order valence-corrected chi connectivity index (χ0v) is 7.91. The van der Waals surface area contributed by atoms with E-state index in [1.54, 1.807) is 0 Å². The maximum atomic E-state index is 13.1. The lowest BCUT2D eigenvalue weighted by atomic mass is 10.1. The van der Waals surface area contributed by atoms with E-state index in [-0.39, 0.29) is 18.4 Å². The second-order valence-corrected chi connectivity index (χ2v) is 3.22. The molecule has 3 nitrogen and oxygen atoms in total. The van der Waals surface area contributed by atoms with Crippen molar-refractivity contribution in [2.75, 3.05) is 0 Å². The molecular weight excluding hydrogens is 204 g/mol. The quantitative estimate of drug-likeness (QED) is 0.795. The molecule has 1 atom stereocenters. The van der Waals surface area contributed by atoms with Crippen LogP contribution in [0.5, 0.6) is 0 Å². The van der Waals surface area contributed by atoms with E-state index in [0.29, 0.717) is 0 Å². The zero-order chi connectivity index (χ0) is 11.4. The van der Waals surface area contributed by atoms with Crippen LogP contribution in [0.15, 0.2) is 18.2 Å². The molecule has 0 saturated carbocycles. The van der Waals surface area contributed by atoms with E-state index in [9.17, 15) is 13.6 Å². The van der Waals surface area contributed by atoms with Gasteiger partial charge >= 0.3 is 5.97 Å². The molecule has 0 spiro atoms. The minimum atomic E-state index is -1.13. The van der Waals surface area contributed by atoms with Crippen molar-refractivity contribution in [2.24, 2.45) is 5.73 Å². The molecule has 0 aliphatic heterocycles. The Bertz CT molecular complexity index is 368. The molecule has 1 rings (SSSR count). The first-order chi connectivity index (χ1) is 7.00. The van der Waals surface area contributed by atoms with Crippen LogP contribution in [0.2, 0.25) is 0 Å². The molecule has 0 amide bonds. The van der Waals surface area contributed by atoms with Crippen molar-refractivity contribution in [2.45, 2.75) is 18.9 Å². The minimum Gasteiger partial charge on any atom is -0.480 e. The fourth-order valence-corrected chi connectivity index (χ4v) is 1.16. The number of carbonyl (C=O) groups is 1. The van der Waals surface area contributed by atoms with Crippen molar-refractivity contribution in [1.29, 1.82) is 0 Å². The van der Waals surface area contributed by atoms with Crippen LogP contribution < -0.4 is 5.73 Å². The number of carboxylic acid groups (broad SMARTS) is 1. The lowest BCUT2D eigenvalue weighted by Crippen LogP contribution is -2.30. The van der Waals surface area contributed by atoms with E-state index in [1.807, 2.05) is 0 Å². The van der Waals surface area contributed by atoms with Crippen LogP contribution >= 0.6 is 0 Å². The molecule has 1 aromatic rings. The first-order valence-corrected chi connectivity index (χ1v) is 4.43. The summed E-state index contributed by atoms with van der Waals surface area (Å²) in [4.78, 5) is 10.4. The van der Waals surface area contributed by atoms with Crippen LogP contribution in [-0.2, 0) is 11.2 Å². The Balaban J connectivity index is 2.62. The second-order valence-electron chi connectivity index (χ2n) is 3.22. The molecule has 0 aliphatic rings. The molecule has 0 bridgehead atoms. The molecule has 0 heterocycles. The molecule has 1 aromatic carbocycles. The third-order valence-electron chi connectivity index (χ3n) is 2.06. The van der Waals surface area contributed by atoms with Gasteiger partial charge in [-0.2, -0.15) is 0 Å². The normalized spacial score (nSPS) is 12.5. The minimum absolute atomic E-state index is 0.123. The Kier molecular flexibility index (Phi) is 3.74. The van der Waals surface area contributed by atoms with E-state index in [1.165, 1.54) is 6.07 Å². The SMILES string of the molecule is NC(CCc1ccc(F)cc1F)C(=O)O. The maximum absolute atomic E-state index is 13.1. The number of hydrogen-bond donors (Lipinski definition) is 2. The summed E-state index contributed by atoms with van der Waals surface area (Å²) in [5, 5.41) is 8.49. The van der Waals surface area contributed by atoms with E-state index in [0.717, 1.165) is 12.1 Å². The van der Waals surface area contributed by atoms with Gasteiger partial charge in [-0.3, -0.25) is 4.79 Å². The van der Waals surface area contributed by atoms with E-state index >= 15 is 0 Å². The smallest absolute Gasteiger partial charge is 0.320 e. The van der Waals surface area contributed by atoms with Gasteiger partial charge in [0, 0.05) is 6.07 Å². The summed E-state index contributed by atoms with van der Waals surface area (Å²) >= 11 is 0. The zero-order valence-electron chi connectivity index (χ0n) is 7.91. The van der Waals surface area contributed by atoms with Gasteiger partial charge in [0.25, 0.3) is 0 Å². The molecule has 82 valence electrons. The second kappa shape index (κ2) is 4.84. The van der Waals surface area contributed by atoms with Gasteiger partial charge in [0.1, 0.15) is 17.7 Å². The topological polar surface area (TPSA) is 63.3 Å². The van der Waals surface area contributed by atoms with Gasteiger partial charge in [0.05, 0.1) is 0 Å². The molecule has 5 heteroatoms. The standard InChI is InChI=1S/C10H11F2NO2/c11-7-3-1-6(8(12)5-7)2-4-9(13)10(14)15/h1,3,5,9H,2,4,13H2,(H,14,15). The molecule has 0 saturated heterocycles. The number of rotatable bonds is 4. The van der Waals surface area contributed by atoms with E-state index in [4.69, 9.17) is 10.8 Å². The van der Waals surface area contributed by atoms with Crippen LogP contribution in [-0.4, -0.2) is 17.1 Å². The largest absolute Gasteiger partial charge is 0.480 e. The summed E-state index contributed by atoms with van der Waals surface area (Å²) in [7, 11) is 0. The molecule has 3 N–H and O–H groups in total. The van der Waals surface area contributed by atoms with Crippen LogP contribution in [0, 0.1) is 11.6 Å². The fraction of sp³-hybridized carbons (Fsp3) is 0.300. The lowest BCUT2D eigenvalue weighted by molar-refractivity contribution is -0.138. The molecule has 0 aliphatic carbocycles. The van der Waals surface area contributed by atoms with Gasteiger partial charge in [-0.25, -0.2) is 8.78 Å². The van der Waals surface area contributed by atoms with Gasteiger partial charge in [-0.1, -0.05) is 6.07 Å². The van der Waals surface area contributed by atoms with Crippen molar-refractivity contribution < 1.29 is 18.7 Å². The van der Waals surface area contributed by atoms with Crippen molar-refractivity contribution in [1.82, 2.24) is 0 Å². The lowest BCUT2D eigenvalue weighted by Gasteiger charge is -2.06. The first kappa shape index (κ1) is 11.6. The maximum Gasteiger partial charge on any atom is 0.320 e. The predicted octanol–water partition coefficient (Wildman–Crippen LogP) is 1.31. The summed E-state index contributed by atoms with van der Waals surface area (Å²) in [6.45, 7) is 0. The van der Waals surface area contributed by atoms with Gasteiger partial charge in [-0.15, -0.1) is 0 Å². The summed E-state index contributed by atoms with van der Waals surface area (Å²) in [5.74, 6) is -2.45. The highest BCUT2D eigenvalue weighted by atomic mass is 19.1. The number of carboxylic acids is 1. The monoisotopic (exact) mass is 215 g/mol. The molecule has 0 radical (unpaired) electrons. The van der Waals surface area contributed by atoms with Gasteiger partial charge in [0.15, 0.2) is 0 Å². The summed E-state index contributed by atoms with van der Waals surface area (Å²) in [6, 6.07) is 2.17. The Morgan fingerprint density at radius 1 is 1.47 bits per heavy atom. The first-order valence-electron chi connectivity index (χ1n) is 4.43. The van der Waals surface area contributed by atoms with Crippen LogP contribution in [0.4, 0.5) is 8.78 Å². The summed E-state index contributed by atoms with van der Waals surface area (Å²) < 4.78 is 25.6. The predicted molar refractivity (Wildman–Crippen MR) is 50.3 cm³/mol. The third kappa shape index (κ3) is 3.28. The third-order valence-corrected chi connectivity index (χ3v) is 2.06. The van der Waals surface area contributed by atoms with Gasteiger partial charge < -0.3 is 10.8 Å². The van der Waals surface area contributed by atoms with Gasteiger partial charge in [0.2, 0.25) is 0 Å². The van der Waals surface area contributed by atoms with Crippen LogP contribution in [0.25, 0.3) is 0 Å². The highest BCUT2D eigenvalue weighted by Gasteiger charge is 2.12. The molecule has 15 heavy (non-hydrogen) atoms. The number of hydrogen-bond acceptors (Lipinski definition) is 2. The highest BCUT2D eigenvalue weighted by Crippen LogP contribution is 2.12. The molecular formula is C10H11F2NO2. The number of nitrogens with two attached hydrogens (primary N) is 1. The number of benzene rings is 1. The number of halogens is 2. The molecule has 1 unspecified atom stereocenters. The van der Waals surface area contributed by atoms with Crippen LogP contribution in [0.3, 0.4) is 0 Å². The Hall–Kier alpha value is -1.49. The van der Waals surface area contributed by atoms with E-state index < -0.39 is 23.6 Å². The van der Waals surface area contributed by atoms with E-state index in [2.05, 4.69) is 0 Å².